The van der Waals surface area contributed by atoms with E-state index in [1.807, 2.05) is 18.4 Å². The Kier molecular flexibility index (Phi) is 6.48. The van der Waals surface area contributed by atoms with Gasteiger partial charge in [0.2, 0.25) is 4.80 Å². The largest absolute Gasteiger partial charge is 0.497 e. The molecule has 0 saturated carbocycles. The number of aromatic nitrogens is 1. The lowest BCUT2D eigenvalue weighted by Crippen LogP contribution is -2.13. The van der Waals surface area contributed by atoms with Crippen LogP contribution >= 0.6 is 11.3 Å². The smallest absolute Gasteiger partial charge is 0.433 e. The van der Waals surface area contributed by atoms with Crippen LogP contribution in [-0.2, 0) is 0 Å². The molecule has 1 aromatic carbocycles. The fourth-order valence-corrected chi connectivity index (χ4v) is 3.37. The summed E-state index contributed by atoms with van der Waals surface area (Å²) in [6, 6.07) is 8.20. The van der Waals surface area contributed by atoms with E-state index in [9.17, 15) is 10.1 Å². The van der Waals surface area contributed by atoms with E-state index < -0.39 is 4.92 Å². The van der Waals surface area contributed by atoms with Gasteiger partial charge in [0.05, 0.1) is 38.7 Å². The van der Waals surface area contributed by atoms with Crippen LogP contribution in [0.3, 0.4) is 0 Å². The van der Waals surface area contributed by atoms with Crippen LogP contribution in [0.15, 0.2) is 62.4 Å². The van der Waals surface area contributed by atoms with E-state index in [2.05, 4.69) is 16.7 Å². The molecule has 0 aliphatic heterocycles. The van der Waals surface area contributed by atoms with Gasteiger partial charge in [-0.2, -0.15) is 5.10 Å². The average molecular weight is 428 g/mol. The van der Waals surface area contributed by atoms with Crippen LogP contribution in [0.4, 0.5) is 5.88 Å². The molecule has 156 valence electrons. The zero-order valence-electron chi connectivity index (χ0n) is 16.7. The molecule has 0 saturated heterocycles. The molecular weight excluding hydrogens is 408 g/mol. The van der Waals surface area contributed by atoms with Crippen molar-refractivity contribution in [2.45, 2.75) is 6.92 Å². The highest BCUT2D eigenvalue weighted by Crippen LogP contribution is 2.33. The van der Waals surface area contributed by atoms with Crippen molar-refractivity contribution in [1.82, 2.24) is 4.68 Å². The lowest BCUT2D eigenvalue weighted by atomic mass is 10.1. The topological polar surface area (TPSA) is 104 Å². The summed E-state index contributed by atoms with van der Waals surface area (Å²) >= 11 is 1.40. The SMILES string of the molecule is C=C(C)CN=c1scc(-c2cc(OC)ccc2OC)n1/N=C/c1ccc([N+](=O)[O-])o1. The highest BCUT2D eigenvalue weighted by atomic mass is 32.1. The predicted molar refractivity (Wildman–Crippen MR) is 114 cm³/mol. The fraction of sp³-hybridized carbons (Fsp3) is 0.200. The molecule has 2 aromatic heterocycles. The Hall–Kier alpha value is -3.66. The molecular formula is C20H20N4O5S. The van der Waals surface area contributed by atoms with Crippen LogP contribution in [0.2, 0.25) is 0 Å². The van der Waals surface area contributed by atoms with Crippen LogP contribution in [0.1, 0.15) is 12.7 Å². The van der Waals surface area contributed by atoms with Crippen molar-refractivity contribution >= 4 is 23.4 Å². The van der Waals surface area contributed by atoms with Gasteiger partial charge in [0.25, 0.3) is 0 Å². The molecule has 0 aliphatic rings. The number of rotatable bonds is 8. The Morgan fingerprint density at radius 3 is 2.77 bits per heavy atom. The summed E-state index contributed by atoms with van der Waals surface area (Å²) in [5.74, 6) is 1.19. The third-order valence-electron chi connectivity index (χ3n) is 3.95. The van der Waals surface area contributed by atoms with E-state index in [1.54, 1.807) is 31.0 Å². The first-order chi connectivity index (χ1) is 14.4. The second kappa shape index (κ2) is 9.23. The number of methoxy groups -OCH3 is 2. The molecule has 0 aliphatic carbocycles. The molecule has 0 spiro atoms. The van der Waals surface area contributed by atoms with Crippen molar-refractivity contribution in [2.75, 3.05) is 20.8 Å². The van der Waals surface area contributed by atoms with Crippen molar-refractivity contribution in [2.24, 2.45) is 10.1 Å². The molecule has 0 bridgehead atoms. The molecule has 10 heteroatoms. The van der Waals surface area contributed by atoms with Gasteiger partial charge >= 0.3 is 5.88 Å². The third kappa shape index (κ3) is 4.66. The molecule has 0 N–H and O–H groups in total. The third-order valence-corrected chi connectivity index (χ3v) is 4.80. The Labute approximate surface area is 176 Å². The summed E-state index contributed by atoms with van der Waals surface area (Å²) in [6.45, 7) is 6.20. The normalized spacial score (nSPS) is 11.8. The zero-order valence-corrected chi connectivity index (χ0v) is 17.5. The number of ether oxygens (including phenoxy) is 2. The van der Waals surface area contributed by atoms with E-state index in [-0.39, 0.29) is 11.6 Å². The van der Waals surface area contributed by atoms with Crippen LogP contribution in [-0.4, -0.2) is 36.6 Å². The number of benzene rings is 1. The summed E-state index contributed by atoms with van der Waals surface area (Å²) < 4.78 is 17.6. The van der Waals surface area contributed by atoms with Crippen molar-refractivity contribution in [1.29, 1.82) is 0 Å². The van der Waals surface area contributed by atoms with Gasteiger partial charge in [0.15, 0.2) is 5.76 Å². The maximum Gasteiger partial charge on any atom is 0.433 e. The summed E-state index contributed by atoms with van der Waals surface area (Å²) in [5.41, 5.74) is 2.38. The molecule has 3 aromatic rings. The molecule has 9 nitrogen and oxygen atoms in total. The van der Waals surface area contributed by atoms with E-state index in [4.69, 9.17) is 13.9 Å². The van der Waals surface area contributed by atoms with Crippen molar-refractivity contribution < 1.29 is 18.8 Å². The van der Waals surface area contributed by atoms with Gasteiger partial charge in [-0.15, -0.1) is 11.3 Å². The second-order valence-corrected chi connectivity index (χ2v) is 7.07. The van der Waals surface area contributed by atoms with E-state index >= 15 is 0 Å². The number of hydrogen-bond acceptors (Lipinski definition) is 8. The molecule has 0 unspecified atom stereocenters. The van der Waals surface area contributed by atoms with Gasteiger partial charge in [0, 0.05) is 10.9 Å². The highest BCUT2D eigenvalue weighted by Gasteiger charge is 2.15. The fourth-order valence-electron chi connectivity index (χ4n) is 2.55. The number of nitrogens with zero attached hydrogens (tertiary/aromatic N) is 4. The second-order valence-electron chi connectivity index (χ2n) is 6.23. The van der Waals surface area contributed by atoms with Gasteiger partial charge in [-0.05, 0) is 31.2 Å². The lowest BCUT2D eigenvalue weighted by molar-refractivity contribution is -0.402. The minimum atomic E-state index is -0.602. The van der Waals surface area contributed by atoms with Crippen molar-refractivity contribution in [3.05, 3.63) is 68.5 Å². The standard InChI is InChI=1S/C20H20N4O5S/c1-13(2)10-21-20-23(22-11-15-6-8-19(29-15)24(25)26)17(12-30-20)16-9-14(27-3)5-7-18(16)28-4/h5-9,11-12H,1,10H2,2-4H3/b21-20?,22-11+. The predicted octanol–water partition coefficient (Wildman–Crippen LogP) is 4.09. The summed E-state index contributed by atoms with van der Waals surface area (Å²) in [7, 11) is 3.17. The minimum absolute atomic E-state index is 0.245. The highest BCUT2D eigenvalue weighted by molar-refractivity contribution is 7.07. The first kappa shape index (κ1) is 21.1. The van der Waals surface area contributed by atoms with E-state index in [1.165, 1.54) is 29.7 Å². The Bertz CT molecular complexity index is 1170. The maximum atomic E-state index is 10.8. The van der Waals surface area contributed by atoms with Crippen molar-refractivity contribution in [3.8, 4) is 22.8 Å². The first-order valence-electron chi connectivity index (χ1n) is 8.79. The lowest BCUT2D eigenvalue weighted by Gasteiger charge is -2.11. The van der Waals surface area contributed by atoms with E-state index in [0.717, 1.165) is 11.1 Å². The van der Waals surface area contributed by atoms with E-state index in [0.29, 0.717) is 28.5 Å². The van der Waals surface area contributed by atoms with Crippen molar-refractivity contribution in [3.63, 3.8) is 0 Å². The van der Waals surface area contributed by atoms with Gasteiger partial charge < -0.3 is 13.9 Å². The first-order valence-corrected chi connectivity index (χ1v) is 9.67. The molecule has 0 radical (unpaired) electrons. The number of furan rings is 1. The molecule has 3 rings (SSSR count). The summed E-state index contributed by atoms with van der Waals surface area (Å²) in [5, 5.41) is 17.2. The minimum Gasteiger partial charge on any atom is -0.497 e. The summed E-state index contributed by atoms with van der Waals surface area (Å²) in [4.78, 5) is 15.4. The molecule has 0 fully saturated rings. The Morgan fingerprint density at radius 2 is 2.13 bits per heavy atom. The van der Waals surface area contributed by atoms with Crippen LogP contribution in [0, 0.1) is 10.1 Å². The number of thiazole rings is 1. The van der Waals surface area contributed by atoms with Gasteiger partial charge in [-0.25, -0.2) is 4.68 Å². The number of hydrogen-bond donors (Lipinski definition) is 0. The molecule has 0 amide bonds. The average Bonchev–Trinajstić information content (AvgIpc) is 3.37. The van der Waals surface area contributed by atoms with Crippen LogP contribution in [0.25, 0.3) is 11.3 Å². The van der Waals surface area contributed by atoms with Gasteiger partial charge in [-0.3, -0.25) is 15.1 Å². The monoisotopic (exact) mass is 428 g/mol. The molecule has 2 heterocycles. The van der Waals surface area contributed by atoms with Gasteiger partial charge in [0.1, 0.15) is 16.4 Å². The summed E-state index contributed by atoms with van der Waals surface area (Å²) in [6.07, 6.45) is 1.40. The maximum absolute atomic E-state index is 10.8. The molecule has 0 atom stereocenters. The Morgan fingerprint density at radius 1 is 1.33 bits per heavy atom. The number of nitro groups is 1. The van der Waals surface area contributed by atoms with Crippen LogP contribution in [0.5, 0.6) is 11.5 Å². The Balaban J connectivity index is 2.13. The molecule has 30 heavy (non-hydrogen) atoms. The van der Waals surface area contributed by atoms with Gasteiger partial charge in [-0.1, -0.05) is 12.2 Å². The zero-order chi connectivity index (χ0) is 21.7. The van der Waals surface area contributed by atoms with Crippen LogP contribution < -0.4 is 14.3 Å². The quantitative estimate of drug-likeness (QED) is 0.233.